The van der Waals surface area contributed by atoms with E-state index in [9.17, 15) is 0 Å². The van der Waals surface area contributed by atoms with E-state index in [1.54, 1.807) is 0 Å². The summed E-state index contributed by atoms with van der Waals surface area (Å²) in [7, 11) is 0. The van der Waals surface area contributed by atoms with Gasteiger partial charge in [0, 0.05) is 5.54 Å². The van der Waals surface area contributed by atoms with E-state index in [1.807, 2.05) is 24.3 Å². The molecule has 1 unspecified atom stereocenters. The van der Waals surface area contributed by atoms with Crippen molar-refractivity contribution in [3.05, 3.63) is 36.0 Å². The largest absolute Gasteiger partial charge is 0.485 e. The predicted molar refractivity (Wildman–Crippen MR) is 76.2 cm³/mol. The average Bonchev–Trinajstić information content (AvgIpc) is 2.93. The van der Waals surface area contributed by atoms with Gasteiger partial charge in [-0.1, -0.05) is 12.1 Å². The molecule has 1 N–H and O–H groups in total. The molecule has 3 rings (SSSR count). The van der Waals surface area contributed by atoms with E-state index in [-0.39, 0.29) is 11.6 Å². The van der Waals surface area contributed by atoms with Crippen LogP contribution in [0, 0.1) is 0 Å². The summed E-state index contributed by atoms with van der Waals surface area (Å²) in [5, 5.41) is 11.4. The quantitative estimate of drug-likeness (QED) is 0.936. The molecule has 1 aliphatic rings. The maximum atomic E-state index is 5.84. The predicted octanol–water partition coefficient (Wildman–Crippen LogP) is 2.47. The Hall–Kier alpha value is -2.08. The van der Waals surface area contributed by atoms with Crippen LogP contribution in [0.5, 0.6) is 11.5 Å². The second kappa shape index (κ2) is 5.37. The van der Waals surface area contributed by atoms with Crippen molar-refractivity contribution in [2.45, 2.75) is 39.0 Å². The minimum atomic E-state index is -0.365. The van der Waals surface area contributed by atoms with Gasteiger partial charge in [-0.25, -0.2) is 0 Å². The Morgan fingerprint density at radius 3 is 2.71 bits per heavy atom. The van der Waals surface area contributed by atoms with Gasteiger partial charge in [0.05, 0.1) is 6.54 Å². The van der Waals surface area contributed by atoms with Crippen molar-refractivity contribution < 1.29 is 13.9 Å². The zero-order valence-electron chi connectivity index (χ0n) is 12.4. The maximum absolute atomic E-state index is 5.84. The lowest BCUT2D eigenvalue weighted by atomic mass is 10.1. The summed E-state index contributed by atoms with van der Waals surface area (Å²) in [5.74, 6) is 2.42. The number of hydrogen-bond acceptors (Lipinski definition) is 6. The zero-order chi connectivity index (χ0) is 14.9. The molecule has 0 amide bonds. The van der Waals surface area contributed by atoms with Crippen LogP contribution in [0.4, 0.5) is 0 Å². The van der Waals surface area contributed by atoms with E-state index in [2.05, 4.69) is 36.3 Å². The van der Waals surface area contributed by atoms with Crippen molar-refractivity contribution in [3.8, 4) is 11.5 Å². The molecule has 1 aliphatic heterocycles. The molecular weight excluding hydrogens is 270 g/mol. The highest BCUT2D eigenvalue weighted by molar-refractivity contribution is 5.40. The van der Waals surface area contributed by atoms with Crippen LogP contribution < -0.4 is 14.8 Å². The van der Waals surface area contributed by atoms with Gasteiger partial charge in [-0.05, 0) is 32.9 Å². The molecule has 0 saturated carbocycles. The molecule has 0 fully saturated rings. The summed E-state index contributed by atoms with van der Waals surface area (Å²) in [6.07, 6.45) is -0.365. The molecule has 0 saturated heterocycles. The molecule has 1 aromatic carbocycles. The van der Waals surface area contributed by atoms with Gasteiger partial charge in [-0.2, -0.15) is 0 Å². The van der Waals surface area contributed by atoms with Crippen molar-refractivity contribution in [1.82, 2.24) is 15.5 Å². The normalized spacial score (nSPS) is 17.8. The molecule has 2 aromatic rings. The van der Waals surface area contributed by atoms with Crippen LogP contribution in [-0.2, 0) is 6.54 Å². The van der Waals surface area contributed by atoms with Crippen LogP contribution in [0.25, 0.3) is 0 Å². The van der Waals surface area contributed by atoms with Crippen molar-refractivity contribution >= 4 is 0 Å². The lowest BCUT2D eigenvalue weighted by Gasteiger charge is -2.23. The summed E-state index contributed by atoms with van der Waals surface area (Å²) in [6, 6.07) is 7.54. The van der Waals surface area contributed by atoms with Gasteiger partial charge >= 0.3 is 0 Å². The van der Waals surface area contributed by atoms with Gasteiger partial charge < -0.3 is 19.2 Å². The number of benzene rings is 1. The van der Waals surface area contributed by atoms with E-state index in [0.717, 1.165) is 5.75 Å². The maximum Gasteiger partial charge on any atom is 0.260 e. The Morgan fingerprint density at radius 2 is 1.95 bits per heavy atom. The molecule has 0 radical (unpaired) electrons. The first-order chi connectivity index (χ1) is 10.0. The summed E-state index contributed by atoms with van der Waals surface area (Å²) in [4.78, 5) is 0. The molecule has 1 aromatic heterocycles. The Kier molecular flexibility index (Phi) is 3.55. The SMILES string of the molecule is CC(C)(C)NCc1nnc(C2COc3ccccc3O2)o1. The van der Waals surface area contributed by atoms with E-state index in [4.69, 9.17) is 13.9 Å². The fourth-order valence-corrected chi connectivity index (χ4v) is 1.95. The lowest BCUT2D eigenvalue weighted by molar-refractivity contribution is 0.0702. The van der Waals surface area contributed by atoms with E-state index in [0.29, 0.717) is 30.7 Å². The molecule has 6 heteroatoms. The Bertz CT molecular complexity index is 619. The Morgan fingerprint density at radius 1 is 1.19 bits per heavy atom. The molecule has 0 aliphatic carbocycles. The van der Waals surface area contributed by atoms with Gasteiger partial charge in [0.15, 0.2) is 11.5 Å². The number of rotatable bonds is 3. The zero-order valence-corrected chi connectivity index (χ0v) is 12.4. The summed E-state index contributed by atoms with van der Waals surface area (Å²) in [6.45, 7) is 7.14. The van der Waals surface area contributed by atoms with Crippen LogP contribution >= 0.6 is 0 Å². The number of hydrogen-bond donors (Lipinski definition) is 1. The van der Waals surface area contributed by atoms with Gasteiger partial charge in [0.2, 0.25) is 12.0 Å². The highest BCUT2D eigenvalue weighted by Gasteiger charge is 2.27. The fourth-order valence-electron chi connectivity index (χ4n) is 1.95. The van der Waals surface area contributed by atoms with Gasteiger partial charge in [0.25, 0.3) is 5.89 Å². The number of ether oxygens (including phenoxy) is 2. The first kappa shape index (κ1) is 13.9. The van der Waals surface area contributed by atoms with Crippen LogP contribution in [0.15, 0.2) is 28.7 Å². The third kappa shape index (κ3) is 3.33. The van der Waals surface area contributed by atoms with Crippen LogP contribution in [0.1, 0.15) is 38.7 Å². The van der Waals surface area contributed by atoms with E-state index < -0.39 is 0 Å². The van der Waals surface area contributed by atoms with Gasteiger partial charge in [0.1, 0.15) is 6.61 Å². The third-order valence-electron chi connectivity index (χ3n) is 3.04. The lowest BCUT2D eigenvalue weighted by Crippen LogP contribution is -2.35. The molecule has 0 spiro atoms. The molecule has 21 heavy (non-hydrogen) atoms. The highest BCUT2D eigenvalue weighted by Crippen LogP contribution is 2.35. The molecule has 0 bridgehead atoms. The highest BCUT2D eigenvalue weighted by atomic mass is 16.6. The molecular formula is C15H19N3O3. The van der Waals surface area contributed by atoms with E-state index in [1.165, 1.54) is 0 Å². The van der Waals surface area contributed by atoms with Crippen LogP contribution in [-0.4, -0.2) is 22.3 Å². The summed E-state index contributed by atoms with van der Waals surface area (Å²) in [5.41, 5.74) is -0.00196. The van der Waals surface area contributed by atoms with Crippen molar-refractivity contribution in [3.63, 3.8) is 0 Å². The standard InChI is InChI=1S/C15H19N3O3/c1-15(2,3)16-8-13-17-18-14(21-13)12-9-19-10-6-4-5-7-11(10)20-12/h4-7,12,16H,8-9H2,1-3H3. The molecule has 2 heterocycles. The number of para-hydroxylation sites is 2. The topological polar surface area (TPSA) is 69.4 Å². The van der Waals surface area contributed by atoms with Crippen molar-refractivity contribution in [2.75, 3.05) is 6.61 Å². The first-order valence-corrected chi connectivity index (χ1v) is 6.97. The average molecular weight is 289 g/mol. The number of nitrogens with zero attached hydrogens (tertiary/aromatic N) is 2. The summed E-state index contributed by atoms with van der Waals surface area (Å²) < 4.78 is 17.1. The molecule has 6 nitrogen and oxygen atoms in total. The smallest absolute Gasteiger partial charge is 0.260 e. The first-order valence-electron chi connectivity index (χ1n) is 6.97. The summed E-state index contributed by atoms with van der Waals surface area (Å²) >= 11 is 0. The van der Waals surface area contributed by atoms with Crippen molar-refractivity contribution in [1.29, 1.82) is 0 Å². The second-order valence-electron chi connectivity index (χ2n) is 6.00. The third-order valence-corrected chi connectivity index (χ3v) is 3.04. The Balaban J connectivity index is 1.67. The number of nitrogens with one attached hydrogen (secondary N) is 1. The second-order valence-corrected chi connectivity index (χ2v) is 6.00. The van der Waals surface area contributed by atoms with Crippen LogP contribution in [0.3, 0.4) is 0 Å². The monoisotopic (exact) mass is 289 g/mol. The van der Waals surface area contributed by atoms with E-state index >= 15 is 0 Å². The number of fused-ring (bicyclic) bond motifs is 1. The molecule has 112 valence electrons. The molecule has 1 atom stereocenters. The minimum absolute atomic E-state index is 0.00196. The minimum Gasteiger partial charge on any atom is -0.485 e. The van der Waals surface area contributed by atoms with Gasteiger partial charge in [-0.15, -0.1) is 10.2 Å². The Labute approximate surface area is 123 Å². The number of aromatic nitrogens is 2. The van der Waals surface area contributed by atoms with Crippen LogP contribution in [0.2, 0.25) is 0 Å². The fraction of sp³-hybridized carbons (Fsp3) is 0.467. The van der Waals surface area contributed by atoms with Crippen molar-refractivity contribution in [2.24, 2.45) is 0 Å². The van der Waals surface area contributed by atoms with Gasteiger partial charge in [-0.3, -0.25) is 0 Å².